The fourth-order valence-corrected chi connectivity index (χ4v) is 5.35. The van der Waals surface area contributed by atoms with Crippen molar-refractivity contribution in [3.05, 3.63) is 78.4 Å². The van der Waals surface area contributed by atoms with Crippen molar-refractivity contribution in [2.24, 2.45) is 0 Å². The van der Waals surface area contributed by atoms with Crippen molar-refractivity contribution >= 4 is 26.7 Å². The SMILES string of the molecule is O=C(NCc1ccccc1)C1CCCN1S(=O)(=O)c1ccc2ccccc2c1. The summed E-state index contributed by atoms with van der Waals surface area (Å²) in [6, 6.07) is 21.7. The number of carbonyl (C=O) groups is 1. The topological polar surface area (TPSA) is 66.5 Å². The fraction of sp³-hybridized carbons (Fsp3) is 0.227. The van der Waals surface area contributed by atoms with Gasteiger partial charge in [0.15, 0.2) is 0 Å². The van der Waals surface area contributed by atoms with Crippen molar-refractivity contribution in [2.45, 2.75) is 30.3 Å². The van der Waals surface area contributed by atoms with Gasteiger partial charge in [0.25, 0.3) is 0 Å². The molecule has 1 saturated heterocycles. The van der Waals surface area contributed by atoms with E-state index < -0.39 is 16.1 Å². The van der Waals surface area contributed by atoms with Crippen molar-refractivity contribution in [3.8, 4) is 0 Å². The molecule has 5 nitrogen and oxygen atoms in total. The molecule has 0 radical (unpaired) electrons. The first-order chi connectivity index (χ1) is 13.6. The Hall–Kier alpha value is -2.70. The van der Waals surface area contributed by atoms with Crippen LogP contribution < -0.4 is 5.32 Å². The fourth-order valence-electron chi connectivity index (χ4n) is 3.66. The summed E-state index contributed by atoms with van der Waals surface area (Å²) in [5.74, 6) is -0.245. The van der Waals surface area contributed by atoms with E-state index in [1.54, 1.807) is 12.1 Å². The van der Waals surface area contributed by atoms with Crippen LogP contribution in [0.1, 0.15) is 18.4 Å². The quantitative estimate of drug-likeness (QED) is 0.722. The first-order valence-corrected chi connectivity index (χ1v) is 10.8. The van der Waals surface area contributed by atoms with E-state index in [2.05, 4.69) is 5.32 Å². The lowest BCUT2D eigenvalue weighted by molar-refractivity contribution is -0.124. The lowest BCUT2D eigenvalue weighted by atomic mass is 10.1. The smallest absolute Gasteiger partial charge is 0.243 e. The van der Waals surface area contributed by atoms with Crippen molar-refractivity contribution in [1.29, 1.82) is 0 Å². The third kappa shape index (κ3) is 3.66. The first kappa shape index (κ1) is 18.7. The van der Waals surface area contributed by atoms with Crippen LogP contribution in [-0.4, -0.2) is 31.2 Å². The summed E-state index contributed by atoms with van der Waals surface area (Å²) in [4.78, 5) is 12.9. The minimum Gasteiger partial charge on any atom is -0.351 e. The maximum Gasteiger partial charge on any atom is 0.243 e. The zero-order chi connectivity index (χ0) is 19.6. The third-order valence-corrected chi connectivity index (χ3v) is 7.05. The Bertz CT molecular complexity index is 1100. The van der Waals surface area contributed by atoms with E-state index >= 15 is 0 Å². The molecule has 1 heterocycles. The van der Waals surface area contributed by atoms with E-state index in [1.807, 2.05) is 60.7 Å². The van der Waals surface area contributed by atoms with Crippen molar-refractivity contribution in [1.82, 2.24) is 9.62 Å². The van der Waals surface area contributed by atoms with Gasteiger partial charge in [-0.3, -0.25) is 4.79 Å². The Morgan fingerprint density at radius 2 is 1.68 bits per heavy atom. The van der Waals surface area contributed by atoms with Gasteiger partial charge < -0.3 is 5.32 Å². The predicted molar refractivity (Wildman–Crippen MR) is 109 cm³/mol. The Kier molecular flexibility index (Phi) is 5.15. The molecule has 1 amide bonds. The summed E-state index contributed by atoms with van der Waals surface area (Å²) < 4.78 is 27.8. The molecular weight excluding hydrogens is 372 g/mol. The van der Waals surface area contributed by atoms with Gasteiger partial charge in [0.05, 0.1) is 4.90 Å². The number of hydrogen-bond donors (Lipinski definition) is 1. The van der Waals surface area contributed by atoms with Gasteiger partial charge in [-0.25, -0.2) is 8.42 Å². The second kappa shape index (κ2) is 7.73. The van der Waals surface area contributed by atoms with E-state index in [0.29, 0.717) is 25.9 Å². The molecule has 1 N–H and O–H groups in total. The van der Waals surface area contributed by atoms with Crippen molar-refractivity contribution in [2.75, 3.05) is 6.54 Å². The van der Waals surface area contributed by atoms with Gasteiger partial charge in [-0.15, -0.1) is 0 Å². The predicted octanol–water partition coefficient (Wildman–Crippen LogP) is 3.31. The van der Waals surface area contributed by atoms with Crippen molar-refractivity contribution < 1.29 is 13.2 Å². The van der Waals surface area contributed by atoms with E-state index in [1.165, 1.54) is 4.31 Å². The molecule has 0 aliphatic carbocycles. The number of amides is 1. The summed E-state index contributed by atoms with van der Waals surface area (Å²) in [6.45, 7) is 0.749. The maximum absolute atomic E-state index is 13.2. The average molecular weight is 394 g/mol. The molecule has 1 fully saturated rings. The molecule has 0 aromatic heterocycles. The van der Waals surface area contributed by atoms with Gasteiger partial charge in [0.1, 0.15) is 6.04 Å². The molecule has 1 aliphatic heterocycles. The van der Waals surface area contributed by atoms with E-state index in [-0.39, 0.29) is 10.8 Å². The molecule has 3 aromatic rings. The van der Waals surface area contributed by atoms with Gasteiger partial charge in [0.2, 0.25) is 15.9 Å². The number of sulfonamides is 1. The summed E-state index contributed by atoms with van der Waals surface area (Å²) in [5, 5.41) is 4.73. The Morgan fingerprint density at radius 3 is 2.46 bits per heavy atom. The second-order valence-electron chi connectivity index (χ2n) is 6.99. The van der Waals surface area contributed by atoms with E-state index in [0.717, 1.165) is 16.3 Å². The van der Waals surface area contributed by atoms with Crippen LogP contribution in [0.3, 0.4) is 0 Å². The summed E-state index contributed by atoms with van der Waals surface area (Å²) in [6.07, 6.45) is 1.21. The molecule has 6 heteroatoms. The highest BCUT2D eigenvalue weighted by Crippen LogP contribution is 2.28. The summed E-state index contributed by atoms with van der Waals surface area (Å²) in [7, 11) is -3.73. The highest BCUT2D eigenvalue weighted by atomic mass is 32.2. The molecule has 28 heavy (non-hydrogen) atoms. The number of benzene rings is 3. The van der Waals surface area contributed by atoms with Crippen LogP contribution >= 0.6 is 0 Å². The number of nitrogens with zero attached hydrogens (tertiary/aromatic N) is 1. The van der Waals surface area contributed by atoms with Crippen molar-refractivity contribution in [3.63, 3.8) is 0 Å². The van der Waals surface area contributed by atoms with E-state index in [4.69, 9.17) is 0 Å². The van der Waals surface area contributed by atoms with Crippen LogP contribution in [0.4, 0.5) is 0 Å². The van der Waals surface area contributed by atoms with Gasteiger partial charge in [-0.1, -0.05) is 60.7 Å². The molecule has 4 rings (SSSR count). The minimum absolute atomic E-state index is 0.231. The third-order valence-electron chi connectivity index (χ3n) is 5.14. The van der Waals surface area contributed by atoms with Gasteiger partial charge >= 0.3 is 0 Å². The standard InChI is InChI=1S/C22H22N2O3S/c25-22(23-16-17-7-2-1-3-8-17)21-11-6-14-24(21)28(26,27)20-13-12-18-9-4-5-10-19(18)15-20/h1-5,7-10,12-13,15,21H,6,11,14,16H2,(H,23,25). The van der Waals surface area contributed by atoms with Gasteiger partial charge in [-0.05, 0) is 41.3 Å². The Morgan fingerprint density at radius 1 is 0.964 bits per heavy atom. The molecule has 1 aliphatic rings. The van der Waals surface area contributed by atoms with Gasteiger partial charge in [0, 0.05) is 13.1 Å². The van der Waals surface area contributed by atoms with Crippen LogP contribution in [-0.2, 0) is 21.4 Å². The first-order valence-electron chi connectivity index (χ1n) is 9.38. The normalized spacial score (nSPS) is 17.6. The Balaban J connectivity index is 1.54. The molecule has 0 bridgehead atoms. The second-order valence-corrected chi connectivity index (χ2v) is 8.88. The van der Waals surface area contributed by atoms with E-state index in [9.17, 15) is 13.2 Å². The van der Waals surface area contributed by atoms with Crippen LogP contribution in [0.5, 0.6) is 0 Å². The molecule has 0 spiro atoms. The minimum atomic E-state index is -3.73. The number of carbonyl (C=O) groups excluding carboxylic acids is 1. The molecule has 1 unspecified atom stereocenters. The monoisotopic (exact) mass is 394 g/mol. The van der Waals surface area contributed by atoms with Gasteiger partial charge in [-0.2, -0.15) is 4.31 Å². The highest BCUT2D eigenvalue weighted by Gasteiger charge is 2.39. The average Bonchev–Trinajstić information content (AvgIpc) is 3.23. The zero-order valence-corrected chi connectivity index (χ0v) is 16.2. The largest absolute Gasteiger partial charge is 0.351 e. The lowest BCUT2D eigenvalue weighted by Crippen LogP contribution is -2.45. The summed E-state index contributed by atoms with van der Waals surface area (Å²) >= 11 is 0. The molecule has 144 valence electrons. The summed E-state index contributed by atoms with van der Waals surface area (Å²) in [5.41, 5.74) is 0.984. The van der Waals surface area contributed by atoms with Crippen LogP contribution in [0.2, 0.25) is 0 Å². The number of nitrogens with one attached hydrogen (secondary N) is 1. The Labute approximate surface area is 165 Å². The van der Waals surface area contributed by atoms with Crippen LogP contribution in [0.15, 0.2) is 77.7 Å². The number of rotatable bonds is 5. The number of fused-ring (bicyclic) bond motifs is 1. The number of hydrogen-bond acceptors (Lipinski definition) is 3. The lowest BCUT2D eigenvalue weighted by Gasteiger charge is -2.23. The molecular formula is C22H22N2O3S. The molecule has 3 aromatic carbocycles. The zero-order valence-electron chi connectivity index (χ0n) is 15.4. The molecule has 0 saturated carbocycles. The van der Waals surface area contributed by atoms with Crippen LogP contribution in [0, 0.1) is 0 Å². The van der Waals surface area contributed by atoms with Crippen LogP contribution in [0.25, 0.3) is 10.8 Å². The maximum atomic E-state index is 13.2. The highest BCUT2D eigenvalue weighted by molar-refractivity contribution is 7.89. The molecule has 1 atom stereocenters.